The molecule has 1 aromatic heterocycles. The van der Waals surface area contributed by atoms with E-state index in [2.05, 4.69) is 10.4 Å². The Hall–Kier alpha value is -1.18. The molecule has 1 saturated carbocycles. The van der Waals surface area contributed by atoms with E-state index in [0.717, 1.165) is 25.7 Å². The normalized spacial score (nSPS) is 15.7. The van der Waals surface area contributed by atoms with Crippen molar-refractivity contribution in [3.8, 4) is 0 Å². The molecule has 0 unspecified atom stereocenters. The maximum atomic E-state index is 12.7. The van der Waals surface area contributed by atoms with Gasteiger partial charge in [0.2, 0.25) is 0 Å². The fraction of sp³-hybridized carbons (Fsp3) is 0.583. The van der Waals surface area contributed by atoms with Crippen molar-refractivity contribution < 1.29 is 8.42 Å². The molecule has 0 aromatic carbocycles. The summed E-state index contributed by atoms with van der Waals surface area (Å²) in [6, 6.07) is 3.40. The highest BCUT2D eigenvalue weighted by Crippen LogP contribution is 2.33. The number of hydrazine groups is 1. The highest BCUT2D eigenvalue weighted by atomic mass is 32.2. The van der Waals surface area contributed by atoms with E-state index in [1.54, 1.807) is 16.4 Å². The molecule has 0 amide bonds. The van der Waals surface area contributed by atoms with E-state index in [1.165, 1.54) is 6.20 Å². The minimum absolute atomic E-state index is 0.0144. The molecule has 3 N–H and O–H groups in total. The zero-order valence-corrected chi connectivity index (χ0v) is 11.9. The standard InChI is InChI=1S/C12H20N4O2S/c1-2-3-9-16(10-6-7-10)19(17,18)12-11(15-13)5-4-8-14-12/h4-5,8,10,15H,2-3,6-7,9,13H2,1H3. The van der Waals surface area contributed by atoms with Gasteiger partial charge in [0.1, 0.15) is 0 Å². The molecule has 1 aliphatic carbocycles. The molecule has 0 spiro atoms. The fourth-order valence-corrected chi connectivity index (χ4v) is 3.79. The summed E-state index contributed by atoms with van der Waals surface area (Å²) in [4.78, 5) is 3.99. The van der Waals surface area contributed by atoms with E-state index in [1.807, 2.05) is 6.92 Å². The van der Waals surface area contributed by atoms with Gasteiger partial charge in [-0.1, -0.05) is 13.3 Å². The Labute approximate surface area is 114 Å². The Bertz CT molecular complexity index is 528. The molecule has 0 atom stereocenters. The predicted octanol–water partition coefficient (Wildman–Crippen LogP) is 1.32. The maximum Gasteiger partial charge on any atom is 0.262 e. The Morgan fingerprint density at radius 2 is 2.26 bits per heavy atom. The molecule has 1 aliphatic rings. The minimum atomic E-state index is -3.57. The summed E-state index contributed by atoms with van der Waals surface area (Å²) in [5.74, 6) is 5.37. The lowest BCUT2D eigenvalue weighted by Gasteiger charge is -2.22. The number of nitrogen functional groups attached to an aromatic ring is 1. The minimum Gasteiger partial charge on any atom is -0.321 e. The molecular formula is C12H20N4O2S. The number of hydrogen-bond donors (Lipinski definition) is 2. The van der Waals surface area contributed by atoms with Gasteiger partial charge < -0.3 is 5.43 Å². The smallest absolute Gasteiger partial charge is 0.262 e. The fourth-order valence-electron chi connectivity index (χ4n) is 1.99. The van der Waals surface area contributed by atoms with Crippen LogP contribution < -0.4 is 11.3 Å². The topological polar surface area (TPSA) is 88.3 Å². The van der Waals surface area contributed by atoms with Crippen LogP contribution in [0.4, 0.5) is 5.69 Å². The molecule has 1 fully saturated rings. The molecule has 7 heteroatoms. The molecule has 1 aromatic rings. The largest absolute Gasteiger partial charge is 0.321 e. The van der Waals surface area contributed by atoms with Crippen molar-refractivity contribution >= 4 is 15.7 Å². The summed E-state index contributed by atoms with van der Waals surface area (Å²) in [7, 11) is -3.57. The molecule has 0 bridgehead atoms. The van der Waals surface area contributed by atoms with Gasteiger partial charge in [0.05, 0.1) is 5.69 Å². The number of nitrogens with two attached hydrogens (primary N) is 1. The van der Waals surface area contributed by atoms with Crippen LogP contribution in [0.2, 0.25) is 0 Å². The van der Waals surface area contributed by atoms with Gasteiger partial charge in [-0.25, -0.2) is 13.4 Å². The highest BCUT2D eigenvalue weighted by molar-refractivity contribution is 7.89. The average molecular weight is 284 g/mol. The van der Waals surface area contributed by atoms with E-state index < -0.39 is 10.0 Å². The number of pyridine rings is 1. The second kappa shape index (κ2) is 5.85. The van der Waals surface area contributed by atoms with Gasteiger partial charge >= 0.3 is 0 Å². The first-order chi connectivity index (χ1) is 9.11. The van der Waals surface area contributed by atoms with Crippen LogP contribution in [0.15, 0.2) is 23.4 Å². The summed E-state index contributed by atoms with van der Waals surface area (Å²) >= 11 is 0. The number of nitrogens with one attached hydrogen (secondary N) is 1. The van der Waals surface area contributed by atoms with Crippen molar-refractivity contribution in [3.63, 3.8) is 0 Å². The van der Waals surface area contributed by atoms with Gasteiger partial charge in [0.15, 0.2) is 5.03 Å². The third kappa shape index (κ3) is 3.05. The first-order valence-electron chi connectivity index (χ1n) is 6.54. The molecule has 1 heterocycles. The van der Waals surface area contributed by atoms with Crippen molar-refractivity contribution in [3.05, 3.63) is 18.3 Å². The molecule has 6 nitrogen and oxygen atoms in total. The maximum absolute atomic E-state index is 12.7. The lowest BCUT2D eigenvalue weighted by atomic mass is 10.3. The molecular weight excluding hydrogens is 264 g/mol. The number of anilines is 1. The number of nitrogens with zero attached hydrogens (tertiary/aromatic N) is 2. The lowest BCUT2D eigenvalue weighted by molar-refractivity contribution is 0.394. The first kappa shape index (κ1) is 14.2. The van der Waals surface area contributed by atoms with Crippen molar-refractivity contribution in [1.82, 2.24) is 9.29 Å². The summed E-state index contributed by atoms with van der Waals surface area (Å²) in [5.41, 5.74) is 2.74. The monoisotopic (exact) mass is 284 g/mol. The van der Waals surface area contributed by atoms with Crippen LogP contribution in [0.3, 0.4) is 0 Å². The van der Waals surface area contributed by atoms with E-state index >= 15 is 0 Å². The second-order valence-corrected chi connectivity index (χ2v) is 6.51. The number of rotatable bonds is 7. The zero-order chi connectivity index (χ0) is 13.9. The van der Waals surface area contributed by atoms with Crippen LogP contribution in [0.25, 0.3) is 0 Å². The summed E-state index contributed by atoms with van der Waals surface area (Å²) in [5, 5.41) is 0.0144. The van der Waals surface area contributed by atoms with Gasteiger partial charge in [-0.15, -0.1) is 0 Å². The first-order valence-corrected chi connectivity index (χ1v) is 7.98. The highest BCUT2D eigenvalue weighted by Gasteiger charge is 2.39. The lowest BCUT2D eigenvalue weighted by Crippen LogP contribution is -2.35. The number of aromatic nitrogens is 1. The number of unbranched alkanes of at least 4 members (excludes halogenated alkanes) is 1. The Kier molecular flexibility index (Phi) is 4.38. The van der Waals surface area contributed by atoms with Crippen molar-refractivity contribution in [2.45, 2.75) is 43.7 Å². The van der Waals surface area contributed by atoms with Crippen LogP contribution in [-0.4, -0.2) is 30.3 Å². The van der Waals surface area contributed by atoms with Crippen LogP contribution >= 0.6 is 0 Å². The number of hydrogen-bond acceptors (Lipinski definition) is 5. The molecule has 0 radical (unpaired) electrons. The van der Waals surface area contributed by atoms with Gasteiger partial charge in [-0.3, -0.25) is 5.84 Å². The van der Waals surface area contributed by atoms with E-state index in [0.29, 0.717) is 12.2 Å². The predicted molar refractivity (Wildman–Crippen MR) is 73.9 cm³/mol. The Morgan fingerprint density at radius 3 is 2.84 bits per heavy atom. The third-order valence-electron chi connectivity index (χ3n) is 3.17. The summed E-state index contributed by atoms with van der Waals surface area (Å²) in [6.45, 7) is 2.59. The van der Waals surface area contributed by atoms with Crippen molar-refractivity contribution in [2.75, 3.05) is 12.0 Å². The average Bonchev–Trinajstić information content (AvgIpc) is 3.23. The van der Waals surface area contributed by atoms with E-state index in [-0.39, 0.29) is 11.1 Å². The van der Waals surface area contributed by atoms with Crippen LogP contribution in [0, 0.1) is 0 Å². The van der Waals surface area contributed by atoms with Crippen molar-refractivity contribution in [1.29, 1.82) is 0 Å². The molecule has 0 saturated heterocycles. The number of sulfonamides is 1. The van der Waals surface area contributed by atoms with Gasteiger partial charge in [0.25, 0.3) is 10.0 Å². The third-order valence-corrected chi connectivity index (χ3v) is 5.08. The Morgan fingerprint density at radius 1 is 1.53 bits per heavy atom. The zero-order valence-electron chi connectivity index (χ0n) is 11.0. The summed E-state index contributed by atoms with van der Waals surface area (Å²) < 4.78 is 26.9. The van der Waals surface area contributed by atoms with Gasteiger partial charge in [-0.2, -0.15) is 4.31 Å². The van der Waals surface area contributed by atoms with Gasteiger partial charge in [0, 0.05) is 18.8 Å². The second-order valence-electron chi connectivity index (χ2n) is 4.70. The Balaban J connectivity index is 2.33. The quantitative estimate of drug-likeness (QED) is 0.582. The van der Waals surface area contributed by atoms with Crippen LogP contribution in [0.5, 0.6) is 0 Å². The van der Waals surface area contributed by atoms with E-state index in [4.69, 9.17) is 5.84 Å². The van der Waals surface area contributed by atoms with Crippen LogP contribution in [0.1, 0.15) is 32.6 Å². The SMILES string of the molecule is CCCCN(C1CC1)S(=O)(=O)c1ncccc1NN. The van der Waals surface area contributed by atoms with E-state index in [9.17, 15) is 8.42 Å². The molecule has 2 rings (SSSR count). The summed E-state index contributed by atoms with van der Waals surface area (Å²) in [6.07, 6.45) is 5.15. The molecule has 19 heavy (non-hydrogen) atoms. The molecule has 0 aliphatic heterocycles. The van der Waals surface area contributed by atoms with Crippen molar-refractivity contribution in [2.24, 2.45) is 5.84 Å². The van der Waals surface area contributed by atoms with Crippen LogP contribution in [-0.2, 0) is 10.0 Å². The van der Waals surface area contributed by atoms with Gasteiger partial charge in [-0.05, 0) is 31.4 Å². The molecule has 106 valence electrons.